The van der Waals surface area contributed by atoms with E-state index in [4.69, 9.17) is 14.5 Å². The first kappa shape index (κ1) is 18.0. The zero-order chi connectivity index (χ0) is 18.8. The Kier molecular flexibility index (Phi) is 4.99. The first-order valence-corrected chi connectivity index (χ1v) is 8.73. The number of benzene rings is 2. The molecule has 0 radical (unpaired) electrons. The first-order valence-electron chi connectivity index (χ1n) is 8.73. The van der Waals surface area contributed by atoms with E-state index in [-0.39, 0.29) is 0 Å². The second-order valence-corrected chi connectivity index (χ2v) is 6.68. The maximum absolute atomic E-state index is 5.38. The van der Waals surface area contributed by atoms with E-state index in [1.54, 1.807) is 14.2 Å². The maximum Gasteiger partial charge on any atom is 0.119 e. The average Bonchev–Trinajstić information content (AvgIpc) is 2.60. The zero-order valence-electron chi connectivity index (χ0n) is 16.3. The first-order chi connectivity index (χ1) is 12.4. The molecule has 0 fully saturated rings. The van der Waals surface area contributed by atoms with Crippen LogP contribution in [-0.4, -0.2) is 19.2 Å². The molecule has 0 spiro atoms. The van der Waals surface area contributed by atoms with Crippen molar-refractivity contribution in [2.45, 2.75) is 27.7 Å². The monoisotopic (exact) mass is 347 g/mol. The van der Waals surface area contributed by atoms with E-state index >= 15 is 0 Å². The molecule has 1 aromatic heterocycles. The lowest BCUT2D eigenvalue weighted by Gasteiger charge is -2.15. The summed E-state index contributed by atoms with van der Waals surface area (Å²) in [6.07, 6.45) is 0. The van der Waals surface area contributed by atoms with Crippen molar-refractivity contribution in [3.05, 3.63) is 64.7 Å². The van der Waals surface area contributed by atoms with E-state index < -0.39 is 0 Å². The largest absolute Gasteiger partial charge is 0.497 e. The van der Waals surface area contributed by atoms with Gasteiger partial charge >= 0.3 is 0 Å². The Morgan fingerprint density at radius 1 is 0.615 bits per heavy atom. The van der Waals surface area contributed by atoms with Crippen LogP contribution in [-0.2, 0) is 0 Å². The Labute approximate surface area is 155 Å². The summed E-state index contributed by atoms with van der Waals surface area (Å²) in [5, 5.41) is 0. The van der Waals surface area contributed by atoms with Gasteiger partial charge < -0.3 is 9.47 Å². The smallest absolute Gasteiger partial charge is 0.119 e. The van der Waals surface area contributed by atoms with E-state index in [1.165, 1.54) is 0 Å². The van der Waals surface area contributed by atoms with Gasteiger partial charge in [0.25, 0.3) is 0 Å². The summed E-state index contributed by atoms with van der Waals surface area (Å²) in [6.45, 7) is 8.40. The molecule has 0 aliphatic rings. The summed E-state index contributed by atoms with van der Waals surface area (Å²) in [7, 11) is 3.39. The van der Waals surface area contributed by atoms with Gasteiger partial charge in [0, 0.05) is 11.1 Å². The van der Waals surface area contributed by atoms with Crippen molar-refractivity contribution in [3.8, 4) is 34.0 Å². The van der Waals surface area contributed by atoms with Gasteiger partial charge in [0.15, 0.2) is 0 Å². The van der Waals surface area contributed by atoms with Crippen molar-refractivity contribution in [3.63, 3.8) is 0 Å². The number of hydrogen-bond donors (Lipinski definition) is 0. The third kappa shape index (κ3) is 3.30. The second kappa shape index (κ2) is 7.20. The summed E-state index contributed by atoms with van der Waals surface area (Å²) in [5.74, 6) is 1.75. The van der Waals surface area contributed by atoms with E-state index in [0.717, 1.165) is 56.3 Å². The molecule has 26 heavy (non-hydrogen) atoms. The summed E-state index contributed by atoms with van der Waals surface area (Å²) >= 11 is 0. The lowest BCUT2D eigenvalue weighted by atomic mass is 9.96. The zero-order valence-corrected chi connectivity index (χ0v) is 16.3. The number of ether oxygens (including phenoxy) is 2. The molecule has 0 N–H and O–H groups in total. The van der Waals surface area contributed by atoms with E-state index in [2.05, 4.69) is 70.2 Å². The van der Waals surface area contributed by atoms with Crippen molar-refractivity contribution in [1.82, 2.24) is 4.98 Å². The van der Waals surface area contributed by atoms with Gasteiger partial charge in [-0.25, -0.2) is 4.98 Å². The van der Waals surface area contributed by atoms with Crippen LogP contribution >= 0.6 is 0 Å². The highest BCUT2D eigenvalue weighted by Gasteiger charge is 2.13. The Morgan fingerprint density at radius 2 is 0.962 bits per heavy atom. The Bertz CT molecular complexity index is 839. The molecule has 2 aromatic carbocycles. The molecule has 134 valence electrons. The van der Waals surface area contributed by atoms with Crippen molar-refractivity contribution in [2.75, 3.05) is 14.2 Å². The predicted molar refractivity (Wildman–Crippen MR) is 107 cm³/mol. The minimum atomic E-state index is 0.877. The highest BCUT2D eigenvalue weighted by molar-refractivity contribution is 5.74. The number of nitrogens with zero attached hydrogens (tertiary/aromatic N) is 1. The number of methoxy groups -OCH3 is 2. The summed E-state index contributed by atoms with van der Waals surface area (Å²) < 4.78 is 10.8. The Hall–Kier alpha value is -2.81. The van der Waals surface area contributed by atoms with E-state index in [1.807, 2.05) is 0 Å². The lowest BCUT2D eigenvalue weighted by molar-refractivity contribution is 0.414. The van der Waals surface area contributed by atoms with Crippen LogP contribution in [0.4, 0.5) is 0 Å². The minimum absolute atomic E-state index is 0.877. The topological polar surface area (TPSA) is 31.4 Å². The average molecular weight is 347 g/mol. The molecule has 3 nitrogen and oxygen atoms in total. The van der Waals surface area contributed by atoms with E-state index in [0.29, 0.717) is 0 Å². The van der Waals surface area contributed by atoms with Crippen LogP contribution in [0.5, 0.6) is 11.5 Å². The summed E-state index contributed by atoms with van der Waals surface area (Å²) in [5.41, 5.74) is 8.94. The van der Waals surface area contributed by atoms with Crippen molar-refractivity contribution < 1.29 is 9.47 Å². The van der Waals surface area contributed by atoms with Crippen LogP contribution in [0.25, 0.3) is 22.5 Å². The van der Waals surface area contributed by atoms with Gasteiger partial charge in [-0.2, -0.15) is 0 Å². The van der Waals surface area contributed by atoms with Gasteiger partial charge in [0.1, 0.15) is 11.5 Å². The third-order valence-corrected chi connectivity index (χ3v) is 4.75. The predicted octanol–water partition coefficient (Wildman–Crippen LogP) is 5.67. The van der Waals surface area contributed by atoms with Gasteiger partial charge in [-0.05, 0) is 86.3 Å². The Balaban J connectivity index is 2.14. The Morgan fingerprint density at radius 3 is 1.27 bits per heavy atom. The maximum atomic E-state index is 5.38. The summed E-state index contributed by atoms with van der Waals surface area (Å²) in [4.78, 5) is 4.99. The van der Waals surface area contributed by atoms with Crippen molar-refractivity contribution >= 4 is 0 Å². The number of aryl methyl sites for hydroxylation is 4. The van der Waals surface area contributed by atoms with Crippen LogP contribution in [0.1, 0.15) is 22.3 Å². The minimum Gasteiger partial charge on any atom is -0.497 e. The molecule has 1 heterocycles. The third-order valence-electron chi connectivity index (χ3n) is 4.75. The molecule has 0 bridgehead atoms. The molecule has 0 saturated heterocycles. The molecule has 0 atom stereocenters. The fraction of sp³-hybridized carbons (Fsp3) is 0.261. The summed E-state index contributed by atoms with van der Waals surface area (Å²) in [6, 6.07) is 14.4. The van der Waals surface area contributed by atoms with E-state index in [9.17, 15) is 0 Å². The normalized spacial score (nSPS) is 10.7. The van der Waals surface area contributed by atoms with Gasteiger partial charge in [0.2, 0.25) is 0 Å². The van der Waals surface area contributed by atoms with Crippen LogP contribution < -0.4 is 9.47 Å². The van der Waals surface area contributed by atoms with Gasteiger partial charge in [-0.15, -0.1) is 0 Å². The fourth-order valence-electron chi connectivity index (χ4n) is 3.60. The molecule has 0 aliphatic carbocycles. The fourth-order valence-corrected chi connectivity index (χ4v) is 3.60. The number of pyridine rings is 1. The molecular formula is C23H25NO2. The van der Waals surface area contributed by atoms with Gasteiger partial charge in [-0.1, -0.05) is 6.07 Å². The molecule has 3 heteroatoms. The molecule has 0 amide bonds. The number of hydrogen-bond acceptors (Lipinski definition) is 3. The number of aromatic nitrogens is 1. The van der Waals surface area contributed by atoms with Gasteiger partial charge in [-0.3, -0.25) is 0 Å². The molecular weight excluding hydrogens is 322 g/mol. The van der Waals surface area contributed by atoms with Crippen molar-refractivity contribution in [2.24, 2.45) is 0 Å². The molecule has 0 unspecified atom stereocenters. The quantitative estimate of drug-likeness (QED) is 0.609. The van der Waals surface area contributed by atoms with Crippen LogP contribution in [0, 0.1) is 27.7 Å². The highest BCUT2D eigenvalue weighted by Crippen LogP contribution is 2.34. The van der Waals surface area contributed by atoms with Crippen LogP contribution in [0.15, 0.2) is 42.5 Å². The lowest BCUT2D eigenvalue weighted by Crippen LogP contribution is -1.97. The van der Waals surface area contributed by atoms with Gasteiger partial charge in [0.05, 0.1) is 25.6 Å². The molecule has 0 aliphatic heterocycles. The van der Waals surface area contributed by atoms with Crippen LogP contribution in [0.3, 0.4) is 0 Å². The highest BCUT2D eigenvalue weighted by atomic mass is 16.5. The SMILES string of the molecule is COc1cc(C)c(-c2cccc(-c3c(C)cc(OC)cc3C)n2)c(C)c1. The second-order valence-electron chi connectivity index (χ2n) is 6.68. The van der Waals surface area contributed by atoms with Crippen molar-refractivity contribution in [1.29, 1.82) is 0 Å². The molecule has 3 rings (SSSR count). The van der Waals surface area contributed by atoms with Crippen LogP contribution in [0.2, 0.25) is 0 Å². The standard InChI is InChI=1S/C23H25NO2/c1-14-10-18(25-5)11-15(2)22(14)20-8-7-9-21(24-20)23-16(3)12-19(26-6)13-17(23)4/h7-13H,1-6H3. The number of rotatable bonds is 4. The molecule has 0 saturated carbocycles. The molecule has 3 aromatic rings.